The van der Waals surface area contributed by atoms with Crippen LogP contribution in [0.1, 0.15) is 5.56 Å². The molecule has 0 saturated carbocycles. The van der Waals surface area contributed by atoms with Crippen molar-refractivity contribution in [3.8, 4) is 0 Å². The van der Waals surface area contributed by atoms with Gasteiger partial charge >= 0.3 is 0 Å². The second kappa shape index (κ2) is 4.51. The molecule has 0 heteroatoms. The molecule has 0 amide bonds. The predicted octanol–water partition coefficient (Wildman–Crippen LogP) is 3.09. The monoisotopic (exact) mass is 143 g/mol. The average Bonchev–Trinajstić information content (AvgIpc) is 2.07. The summed E-state index contributed by atoms with van der Waals surface area (Å²) in [6, 6.07) is 10.2. The molecule has 0 heterocycles. The van der Waals surface area contributed by atoms with Crippen LogP contribution in [0.15, 0.2) is 48.6 Å². The van der Waals surface area contributed by atoms with Crippen molar-refractivity contribution in [1.29, 1.82) is 0 Å². The Kier molecular flexibility index (Phi) is 3.20. The van der Waals surface area contributed by atoms with Gasteiger partial charge in [0.15, 0.2) is 0 Å². The van der Waals surface area contributed by atoms with Crippen LogP contribution in [0, 0.1) is 6.92 Å². The highest BCUT2D eigenvalue weighted by atomic mass is 13.8. The minimum Gasteiger partial charge on any atom is -0.0842 e. The van der Waals surface area contributed by atoms with Crippen LogP contribution in [0.5, 0.6) is 0 Å². The first-order valence-corrected chi connectivity index (χ1v) is 3.61. The Balaban J connectivity index is 2.64. The molecule has 1 aromatic rings. The van der Waals surface area contributed by atoms with Gasteiger partial charge in [-0.3, -0.25) is 0 Å². The van der Waals surface area contributed by atoms with E-state index in [4.69, 9.17) is 0 Å². The fraction of sp³-hybridized carbons (Fsp3) is 0. The van der Waals surface area contributed by atoms with E-state index in [2.05, 4.69) is 19.1 Å². The minimum atomic E-state index is 1.21. The van der Waals surface area contributed by atoms with E-state index in [0.717, 1.165) is 0 Å². The van der Waals surface area contributed by atoms with Gasteiger partial charge in [-0.2, -0.15) is 0 Å². The van der Waals surface area contributed by atoms with Crippen LogP contribution in [0.3, 0.4) is 0 Å². The van der Waals surface area contributed by atoms with Gasteiger partial charge in [-0.05, 0) is 12.5 Å². The third-order valence-corrected chi connectivity index (χ3v) is 1.34. The Morgan fingerprint density at radius 2 is 1.73 bits per heavy atom. The van der Waals surface area contributed by atoms with Crippen molar-refractivity contribution in [3.63, 3.8) is 0 Å². The van der Waals surface area contributed by atoms with Gasteiger partial charge in [0.05, 0.1) is 0 Å². The van der Waals surface area contributed by atoms with Crippen molar-refractivity contribution < 1.29 is 0 Å². The second-order valence-electron chi connectivity index (χ2n) is 2.20. The summed E-state index contributed by atoms with van der Waals surface area (Å²) in [5, 5.41) is 0. The maximum atomic E-state index is 3.59. The zero-order chi connectivity index (χ0) is 7.94. The number of hydrogen-bond donors (Lipinski definition) is 0. The summed E-state index contributed by atoms with van der Waals surface area (Å²) < 4.78 is 0. The van der Waals surface area contributed by atoms with Gasteiger partial charge in [0.25, 0.3) is 0 Å². The molecule has 0 fully saturated rings. The number of allylic oxidation sites excluding steroid dienone is 3. The molecule has 0 atom stereocenters. The molecule has 0 aliphatic carbocycles. The van der Waals surface area contributed by atoms with Gasteiger partial charge in [0, 0.05) is 0 Å². The van der Waals surface area contributed by atoms with Crippen LogP contribution in [0.4, 0.5) is 0 Å². The molecule has 55 valence electrons. The normalized spacial score (nSPS) is 11.4. The van der Waals surface area contributed by atoms with E-state index in [1.54, 1.807) is 6.08 Å². The van der Waals surface area contributed by atoms with Crippen molar-refractivity contribution in [2.75, 3.05) is 0 Å². The first-order chi connectivity index (χ1) is 5.43. The van der Waals surface area contributed by atoms with Gasteiger partial charge in [-0.1, -0.05) is 54.6 Å². The first kappa shape index (κ1) is 7.80. The Labute approximate surface area is 67.9 Å². The van der Waals surface area contributed by atoms with Crippen LogP contribution in [0.25, 0.3) is 6.08 Å². The van der Waals surface area contributed by atoms with Crippen LogP contribution >= 0.6 is 0 Å². The lowest BCUT2D eigenvalue weighted by Crippen LogP contribution is -1.66. The maximum absolute atomic E-state index is 3.59. The molecule has 0 aliphatic rings. The third-order valence-electron chi connectivity index (χ3n) is 1.34. The topological polar surface area (TPSA) is 0 Å². The summed E-state index contributed by atoms with van der Waals surface area (Å²) in [4.78, 5) is 0. The van der Waals surface area contributed by atoms with Gasteiger partial charge in [-0.25, -0.2) is 0 Å². The SMILES string of the molecule is [CH2]/C=C/C=C/c1ccccc1. The Hall–Kier alpha value is -1.30. The molecule has 0 unspecified atom stereocenters. The Morgan fingerprint density at radius 1 is 1.00 bits per heavy atom. The van der Waals surface area contributed by atoms with Crippen LogP contribution in [0.2, 0.25) is 0 Å². The number of benzene rings is 1. The number of hydrogen-bond acceptors (Lipinski definition) is 0. The highest BCUT2D eigenvalue weighted by Crippen LogP contribution is 2.00. The molecule has 0 aliphatic heterocycles. The molecule has 1 rings (SSSR count). The summed E-state index contributed by atoms with van der Waals surface area (Å²) in [6.45, 7) is 3.59. The van der Waals surface area contributed by atoms with Crippen LogP contribution in [-0.4, -0.2) is 0 Å². The molecule has 11 heavy (non-hydrogen) atoms. The molecule has 0 N–H and O–H groups in total. The summed E-state index contributed by atoms with van der Waals surface area (Å²) in [5.41, 5.74) is 1.21. The zero-order valence-corrected chi connectivity index (χ0v) is 6.40. The van der Waals surface area contributed by atoms with Crippen molar-refractivity contribution in [1.82, 2.24) is 0 Å². The second-order valence-corrected chi connectivity index (χ2v) is 2.20. The van der Waals surface area contributed by atoms with E-state index in [9.17, 15) is 0 Å². The third kappa shape index (κ3) is 2.85. The van der Waals surface area contributed by atoms with Crippen molar-refractivity contribution in [3.05, 3.63) is 61.0 Å². The van der Waals surface area contributed by atoms with Crippen molar-refractivity contribution >= 4 is 6.08 Å². The van der Waals surface area contributed by atoms with E-state index in [-0.39, 0.29) is 0 Å². The van der Waals surface area contributed by atoms with Crippen molar-refractivity contribution in [2.45, 2.75) is 0 Å². The summed E-state index contributed by atoms with van der Waals surface area (Å²) in [7, 11) is 0. The summed E-state index contributed by atoms with van der Waals surface area (Å²) in [6.07, 6.45) is 7.69. The van der Waals surface area contributed by atoms with E-state index >= 15 is 0 Å². The fourth-order valence-electron chi connectivity index (χ4n) is 0.809. The maximum Gasteiger partial charge on any atom is -0.0257 e. The van der Waals surface area contributed by atoms with E-state index in [1.807, 2.05) is 36.4 Å². The summed E-state index contributed by atoms with van der Waals surface area (Å²) >= 11 is 0. The minimum absolute atomic E-state index is 1.21. The molecular weight excluding hydrogens is 132 g/mol. The highest BCUT2D eigenvalue weighted by molar-refractivity contribution is 5.50. The molecule has 0 nitrogen and oxygen atoms in total. The predicted molar refractivity (Wildman–Crippen MR) is 50.0 cm³/mol. The summed E-state index contributed by atoms with van der Waals surface area (Å²) in [5.74, 6) is 0. The van der Waals surface area contributed by atoms with E-state index < -0.39 is 0 Å². The molecular formula is C11H11. The standard InChI is InChI=1S/C11H11/c1-2-3-5-8-11-9-6-4-7-10-11/h2-10H,1H2/b3-2+,8-5+. The fourth-order valence-corrected chi connectivity index (χ4v) is 0.809. The number of rotatable bonds is 2. The van der Waals surface area contributed by atoms with Gasteiger partial charge < -0.3 is 0 Å². The molecule has 0 aromatic heterocycles. The Morgan fingerprint density at radius 3 is 2.36 bits per heavy atom. The Bertz CT molecular complexity index is 242. The molecule has 1 aromatic carbocycles. The molecule has 1 radical (unpaired) electrons. The lowest BCUT2D eigenvalue weighted by molar-refractivity contribution is 1.66. The molecule has 0 spiro atoms. The lowest BCUT2D eigenvalue weighted by atomic mass is 10.2. The smallest absolute Gasteiger partial charge is 0.0257 e. The molecule has 0 bridgehead atoms. The zero-order valence-electron chi connectivity index (χ0n) is 6.40. The van der Waals surface area contributed by atoms with Gasteiger partial charge in [0.2, 0.25) is 0 Å². The van der Waals surface area contributed by atoms with Crippen LogP contribution < -0.4 is 0 Å². The highest BCUT2D eigenvalue weighted by Gasteiger charge is 1.78. The quantitative estimate of drug-likeness (QED) is 0.558. The van der Waals surface area contributed by atoms with Crippen LogP contribution in [-0.2, 0) is 0 Å². The lowest BCUT2D eigenvalue weighted by Gasteiger charge is -1.87. The van der Waals surface area contributed by atoms with Crippen molar-refractivity contribution in [2.24, 2.45) is 0 Å². The van der Waals surface area contributed by atoms with E-state index in [1.165, 1.54) is 5.56 Å². The largest absolute Gasteiger partial charge is 0.0842 e. The first-order valence-electron chi connectivity index (χ1n) is 3.61. The van der Waals surface area contributed by atoms with E-state index in [0.29, 0.717) is 0 Å². The molecule has 0 saturated heterocycles. The average molecular weight is 143 g/mol. The van der Waals surface area contributed by atoms with Gasteiger partial charge in [-0.15, -0.1) is 0 Å². The van der Waals surface area contributed by atoms with Gasteiger partial charge in [0.1, 0.15) is 0 Å².